The van der Waals surface area contributed by atoms with Crippen LogP contribution in [-0.2, 0) is 28.6 Å². The second-order valence-corrected chi connectivity index (χ2v) is 13.0. The van der Waals surface area contributed by atoms with Gasteiger partial charge in [-0.2, -0.15) is 0 Å². The van der Waals surface area contributed by atoms with Crippen molar-refractivity contribution in [2.75, 3.05) is 0 Å². The number of carbonyl (C=O) groups excluding carboxylic acids is 3. The smallest absolute Gasteiger partial charge is 0.302 e. The molecule has 4 rings (SSSR count). The van der Waals surface area contributed by atoms with Crippen LogP contribution in [0.4, 0.5) is 0 Å². The van der Waals surface area contributed by atoms with E-state index in [1.807, 2.05) is 0 Å². The lowest BCUT2D eigenvalue weighted by atomic mass is 9.43. The van der Waals surface area contributed by atoms with Gasteiger partial charge in [-0.15, -0.1) is 0 Å². The molecule has 0 aromatic heterocycles. The summed E-state index contributed by atoms with van der Waals surface area (Å²) in [6.07, 6.45) is 8.57. The van der Waals surface area contributed by atoms with E-state index in [9.17, 15) is 14.4 Å². The molecule has 6 heteroatoms. The maximum absolute atomic E-state index is 12.4. The molecule has 4 saturated carbocycles. The Labute approximate surface area is 217 Å². The number of ether oxygens (including phenoxy) is 3. The zero-order chi connectivity index (χ0) is 26.4. The molecule has 0 bridgehead atoms. The molecule has 0 amide bonds. The number of rotatable bonds is 6. The van der Waals surface area contributed by atoms with Gasteiger partial charge in [-0.3, -0.25) is 14.4 Å². The molecule has 0 aliphatic heterocycles. The van der Waals surface area contributed by atoms with E-state index in [-0.39, 0.29) is 53.0 Å². The third-order valence-electron chi connectivity index (χ3n) is 11.1. The molecule has 4 aliphatic rings. The van der Waals surface area contributed by atoms with Crippen molar-refractivity contribution >= 4 is 17.9 Å². The van der Waals surface area contributed by atoms with Crippen molar-refractivity contribution < 1.29 is 28.6 Å². The van der Waals surface area contributed by atoms with Gasteiger partial charge in [-0.1, -0.05) is 40.5 Å². The van der Waals surface area contributed by atoms with Crippen molar-refractivity contribution in [3.63, 3.8) is 0 Å². The van der Waals surface area contributed by atoms with Crippen LogP contribution in [0.5, 0.6) is 0 Å². The molecule has 204 valence electrons. The minimum atomic E-state index is -0.227. The second-order valence-electron chi connectivity index (χ2n) is 13.0. The maximum atomic E-state index is 12.4. The van der Waals surface area contributed by atoms with Crippen LogP contribution in [-0.4, -0.2) is 36.2 Å². The topological polar surface area (TPSA) is 78.9 Å². The van der Waals surface area contributed by atoms with Crippen LogP contribution in [0.3, 0.4) is 0 Å². The molecule has 0 aromatic rings. The fourth-order valence-corrected chi connectivity index (χ4v) is 9.77. The van der Waals surface area contributed by atoms with Gasteiger partial charge in [0.05, 0.1) is 0 Å². The van der Waals surface area contributed by atoms with Crippen LogP contribution in [0, 0.1) is 46.3 Å². The Kier molecular flexibility index (Phi) is 7.84. The van der Waals surface area contributed by atoms with Gasteiger partial charge in [0.1, 0.15) is 18.3 Å². The Morgan fingerprint density at radius 1 is 0.861 bits per heavy atom. The van der Waals surface area contributed by atoms with Crippen LogP contribution < -0.4 is 0 Å². The largest absolute Gasteiger partial charge is 0.463 e. The van der Waals surface area contributed by atoms with Crippen LogP contribution >= 0.6 is 0 Å². The molecule has 0 heterocycles. The van der Waals surface area contributed by atoms with Crippen LogP contribution in [0.25, 0.3) is 0 Å². The molecule has 4 aliphatic carbocycles. The monoisotopic (exact) mass is 504 g/mol. The summed E-state index contributed by atoms with van der Waals surface area (Å²) in [5.74, 6) is 1.67. The van der Waals surface area contributed by atoms with Gasteiger partial charge in [-0.05, 0) is 80.0 Å². The Morgan fingerprint density at radius 3 is 2.14 bits per heavy atom. The third kappa shape index (κ3) is 4.71. The SMILES string of the molecule is CCCC(C)C1CCC2C3C(OC(C)=O)CC4CC(OC(C)=O)CCC4(C)C3CC(OC(C)=O)C12C. The minimum absolute atomic E-state index is 0.0464. The fourth-order valence-electron chi connectivity index (χ4n) is 9.77. The summed E-state index contributed by atoms with van der Waals surface area (Å²) in [5, 5.41) is 0. The molecule has 6 nitrogen and oxygen atoms in total. The van der Waals surface area contributed by atoms with E-state index in [2.05, 4.69) is 27.7 Å². The summed E-state index contributed by atoms with van der Waals surface area (Å²) in [6, 6.07) is 0. The number of hydrogen-bond donors (Lipinski definition) is 0. The van der Waals surface area contributed by atoms with Gasteiger partial charge in [0.15, 0.2) is 0 Å². The molecule has 0 spiro atoms. The first-order valence-electron chi connectivity index (χ1n) is 14.4. The molecule has 0 saturated heterocycles. The van der Waals surface area contributed by atoms with E-state index in [1.54, 1.807) is 6.92 Å². The lowest BCUT2D eigenvalue weighted by Crippen LogP contribution is -2.63. The Hall–Kier alpha value is -1.59. The van der Waals surface area contributed by atoms with Crippen LogP contribution in [0.2, 0.25) is 0 Å². The summed E-state index contributed by atoms with van der Waals surface area (Å²) >= 11 is 0. The Bertz CT molecular complexity index is 854. The highest BCUT2D eigenvalue weighted by Gasteiger charge is 2.67. The van der Waals surface area contributed by atoms with Crippen LogP contribution in [0.15, 0.2) is 0 Å². The average molecular weight is 505 g/mol. The standard InChI is InChI=1S/C30H48O6/c1-8-9-17(2)23-10-11-24-28-25(16-27(30(23,24)7)36-20(5)33)29(6)13-12-22(34-18(3)31)14-21(29)15-26(28)35-19(4)32/h17,21-28H,8-16H2,1-7H3. The van der Waals surface area contributed by atoms with Crippen molar-refractivity contribution in [1.82, 2.24) is 0 Å². The molecule has 36 heavy (non-hydrogen) atoms. The van der Waals surface area contributed by atoms with Gasteiger partial charge < -0.3 is 14.2 Å². The van der Waals surface area contributed by atoms with Crippen molar-refractivity contribution in [1.29, 1.82) is 0 Å². The maximum Gasteiger partial charge on any atom is 0.302 e. The van der Waals surface area contributed by atoms with Gasteiger partial charge in [0.2, 0.25) is 0 Å². The minimum Gasteiger partial charge on any atom is -0.463 e. The van der Waals surface area contributed by atoms with Crippen molar-refractivity contribution in [3.05, 3.63) is 0 Å². The molecule has 0 aromatic carbocycles. The van der Waals surface area contributed by atoms with Gasteiger partial charge >= 0.3 is 17.9 Å². The Morgan fingerprint density at radius 2 is 1.53 bits per heavy atom. The highest BCUT2D eigenvalue weighted by atomic mass is 16.6. The summed E-state index contributed by atoms with van der Waals surface area (Å²) in [4.78, 5) is 36.4. The highest BCUT2D eigenvalue weighted by Crippen LogP contribution is 2.69. The molecular weight excluding hydrogens is 456 g/mol. The first-order valence-corrected chi connectivity index (χ1v) is 14.4. The third-order valence-corrected chi connectivity index (χ3v) is 11.1. The van der Waals surface area contributed by atoms with Gasteiger partial charge in [-0.25, -0.2) is 0 Å². The lowest BCUT2D eigenvalue weighted by molar-refractivity contribution is -0.224. The van der Waals surface area contributed by atoms with E-state index in [0.717, 1.165) is 51.4 Å². The van der Waals surface area contributed by atoms with E-state index >= 15 is 0 Å². The predicted molar refractivity (Wildman–Crippen MR) is 137 cm³/mol. The predicted octanol–water partition coefficient (Wildman–Crippen LogP) is 6.10. The molecule has 4 fully saturated rings. The summed E-state index contributed by atoms with van der Waals surface area (Å²) in [6.45, 7) is 13.9. The van der Waals surface area contributed by atoms with Crippen molar-refractivity contribution in [3.8, 4) is 0 Å². The van der Waals surface area contributed by atoms with E-state index in [4.69, 9.17) is 14.2 Å². The molecular formula is C30H48O6. The first kappa shape index (κ1) is 27.4. The molecule has 11 atom stereocenters. The number of esters is 3. The van der Waals surface area contributed by atoms with Gasteiger partial charge in [0.25, 0.3) is 0 Å². The van der Waals surface area contributed by atoms with E-state index < -0.39 is 0 Å². The summed E-state index contributed by atoms with van der Waals surface area (Å²) in [5.41, 5.74) is -0.0667. The average Bonchev–Trinajstić information content (AvgIpc) is 3.12. The number of hydrogen-bond acceptors (Lipinski definition) is 6. The zero-order valence-corrected chi connectivity index (χ0v) is 23.5. The zero-order valence-electron chi connectivity index (χ0n) is 23.5. The van der Waals surface area contributed by atoms with E-state index in [1.165, 1.54) is 20.3 Å². The quantitative estimate of drug-likeness (QED) is 0.321. The first-order chi connectivity index (χ1) is 16.9. The van der Waals surface area contributed by atoms with Crippen molar-refractivity contribution in [2.45, 2.75) is 125 Å². The van der Waals surface area contributed by atoms with E-state index in [0.29, 0.717) is 29.6 Å². The summed E-state index contributed by atoms with van der Waals surface area (Å²) in [7, 11) is 0. The molecule has 0 N–H and O–H groups in total. The molecule has 0 radical (unpaired) electrons. The fraction of sp³-hybridized carbons (Fsp3) is 0.900. The lowest BCUT2D eigenvalue weighted by Gasteiger charge is -2.64. The molecule has 11 unspecified atom stereocenters. The Balaban J connectivity index is 1.73. The van der Waals surface area contributed by atoms with Gasteiger partial charge in [0, 0.05) is 32.1 Å². The summed E-state index contributed by atoms with van der Waals surface area (Å²) < 4.78 is 18.0. The number of fused-ring (bicyclic) bond motifs is 5. The normalized spacial score (nSPS) is 44.4. The van der Waals surface area contributed by atoms with Crippen molar-refractivity contribution in [2.24, 2.45) is 46.3 Å². The second kappa shape index (κ2) is 10.3. The number of carbonyl (C=O) groups is 3. The van der Waals surface area contributed by atoms with Crippen LogP contribution in [0.1, 0.15) is 106 Å². The highest BCUT2D eigenvalue weighted by molar-refractivity contribution is 5.67.